The number of rotatable bonds is 5. The molecule has 0 spiro atoms. The lowest BCUT2D eigenvalue weighted by atomic mass is 10.2. The van der Waals surface area contributed by atoms with E-state index in [1.807, 2.05) is 19.1 Å². The van der Waals surface area contributed by atoms with E-state index in [0.717, 1.165) is 23.7 Å². The van der Waals surface area contributed by atoms with Gasteiger partial charge < -0.3 is 15.4 Å². The third-order valence-corrected chi connectivity index (χ3v) is 2.60. The van der Waals surface area contributed by atoms with Gasteiger partial charge in [-0.05, 0) is 32.9 Å². The predicted molar refractivity (Wildman–Crippen MR) is 67.7 cm³/mol. The molecule has 0 aliphatic carbocycles. The number of hydrogen-bond acceptors (Lipinski definition) is 4. The lowest BCUT2D eigenvalue weighted by molar-refractivity contribution is 0.181. The van der Waals surface area contributed by atoms with E-state index in [9.17, 15) is 0 Å². The summed E-state index contributed by atoms with van der Waals surface area (Å²) >= 11 is 0. The normalized spacial score (nSPS) is 12.5. The highest BCUT2D eigenvalue weighted by atomic mass is 16.5. The highest BCUT2D eigenvalue weighted by Gasteiger charge is 2.16. The number of nitrogens with two attached hydrogens (primary N) is 1. The number of aromatic nitrogens is 1. The number of ether oxygens (including phenoxy) is 1. The summed E-state index contributed by atoms with van der Waals surface area (Å²) in [7, 11) is 1.71. The number of methoxy groups -OCH3 is 1. The molecule has 1 aromatic heterocycles. The zero-order valence-corrected chi connectivity index (χ0v) is 10.5. The van der Waals surface area contributed by atoms with Crippen LogP contribution in [0, 0.1) is 6.92 Å². The molecule has 4 nitrogen and oxygen atoms in total. The van der Waals surface area contributed by atoms with Gasteiger partial charge in [0.15, 0.2) is 5.82 Å². The average Bonchev–Trinajstić information content (AvgIpc) is 2.24. The van der Waals surface area contributed by atoms with Crippen LogP contribution in [0.3, 0.4) is 0 Å². The van der Waals surface area contributed by atoms with Crippen LogP contribution in [-0.2, 0) is 4.74 Å². The van der Waals surface area contributed by atoms with Crippen molar-refractivity contribution in [1.82, 2.24) is 4.98 Å². The summed E-state index contributed by atoms with van der Waals surface area (Å²) in [5.41, 5.74) is 7.65. The second-order valence-electron chi connectivity index (χ2n) is 3.96. The van der Waals surface area contributed by atoms with Gasteiger partial charge in [-0.2, -0.15) is 0 Å². The first kappa shape index (κ1) is 12.8. The molecule has 1 heterocycles. The first-order valence-electron chi connectivity index (χ1n) is 5.58. The molecule has 0 bridgehead atoms. The summed E-state index contributed by atoms with van der Waals surface area (Å²) < 4.78 is 5.17. The van der Waals surface area contributed by atoms with E-state index < -0.39 is 0 Å². The van der Waals surface area contributed by atoms with Crippen molar-refractivity contribution in [1.29, 1.82) is 0 Å². The maximum absolute atomic E-state index is 5.95. The smallest absolute Gasteiger partial charge is 0.152 e. The molecule has 0 aliphatic heterocycles. The molecule has 0 saturated carbocycles. The molecule has 0 aromatic carbocycles. The van der Waals surface area contributed by atoms with E-state index >= 15 is 0 Å². The summed E-state index contributed by atoms with van der Waals surface area (Å²) in [4.78, 5) is 6.65. The molecule has 1 aromatic rings. The van der Waals surface area contributed by atoms with E-state index in [0.29, 0.717) is 6.61 Å². The Balaban J connectivity index is 2.98. The van der Waals surface area contributed by atoms with Crippen LogP contribution in [0.2, 0.25) is 0 Å². The van der Waals surface area contributed by atoms with Crippen LogP contribution in [0.4, 0.5) is 11.5 Å². The van der Waals surface area contributed by atoms with Crippen LogP contribution < -0.4 is 10.6 Å². The number of pyridine rings is 1. The van der Waals surface area contributed by atoms with Crippen molar-refractivity contribution < 1.29 is 4.74 Å². The van der Waals surface area contributed by atoms with Crippen molar-refractivity contribution >= 4 is 11.5 Å². The van der Waals surface area contributed by atoms with E-state index in [-0.39, 0.29) is 6.04 Å². The van der Waals surface area contributed by atoms with Crippen LogP contribution in [0.1, 0.15) is 19.5 Å². The topological polar surface area (TPSA) is 51.4 Å². The molecule has 1 unspecified atom stereocenters. The second kappa shape index (κ2) is 5.70. The number of nitrogens with zero attached hydrogens (tertiary/aromatic N) is 2. The zero-order valence-electron chi connectivity index (χ0n) is 10.5. The molecule has 0 amide bonds. The summed E-state index contributed by atoms with van der Waals surface area (Å²) in [5, 5.41) is 0. The monoisotopic (exact) mass is 223 g/mol. The van der Waals surface area contributed by atoms with Crippen molar-refractivity contribution in [2.24, 2.45) is 0 Å². The fourth-order valence-corrected chi connectivity index (χ4v) is 1.79. The maximum atomic E-state index is 5.95. The van der Waals surface area contributed by atoms with Crippen molar-refractivity contribution in [2.45, 2.75) is 26.8 Å². The molecule has 0 saturated heterocycles. The summed E-state index contributed by atoms with van der Waals surface area (Å²) in [6.45, 7) is 7.71. The third-order valence-electron chi connectivity index (χ3n) is 2.60. The Hall–Kier alpha value is -1.29. The van der Waals surface area contributed by atoms with E-state index in [4.69, 9.17) is 10.5 Å². The van der Waals surface area contributed by atoms with Gasteiger partial charge in [-0.25, -0.2) is 4.98 Å². The molecular weight excluding hydrogens is 202 g/mol. The number of aryl methyl sites for hydroxylation is 1. The van der Waals surface area contributed by atoms with Gasteiger partial charge in [0.25, 0.3) is 0 Å². The van der Waals surface area contributed by atoms with Gasteiger partial charge in [0.1, 0.15) is 0 Å². The van der Waals surface area contributed by atoms with Gasteiger partial charge in [0.05, 0.1) is 18.3 Å². The van der Waals surface area contributed by atoms with E-state index in [2.05, 4.69) is 23.7 Å². The predicted octanol–water partition coefficient (Wildman–Crippen LogP) is 1.83. The Kier molecular flexibility index (Phi) is 4.55. The quantitative estimate of drug-likeness (QED) is 0.827. The Morgan fingerprint density at radius 3 is 2.75 bits per heavy atom. The molecule has 0 radical (unpaired) electrons. The SMILES string of the molecule is CCN(c1nc(C)ccc1N)C(C)COC. The summed E-state index contributed by atoms with van der Waals surface area (Å²) in [6.07, 6.45) is 0. The summed E-state index contributed by atoms with van der Waals surface area (Å²) in [6, 6.07) is 4.10. The first-order valence-corrected chi connectivity index (χ1v) is 5.58. The van der Waals surface area contributed by atoms with Gasteiger partial charge in [-0.1, -0.05) is 0 Å². The molecule has 4 heteroatoms. The van der Waals surface area contributed by atoms with Crippen molar-refractivity contribution in [2.75, 3.05) is 30.9 Å². The molecule has 2 N–H and O–H groups in total. The highest BCUT2D eigenvalue weighted by molar-refractivity contribution is 5.63. The van der Waals surface area contributed by atoms with Crippen LogP contribution in [0.5, 0.6) is 0 Å². The average molecular weight is 223 g/mol. The van der Waals surface area contributed by atoms with Gasteiger partial charge >= 0.3 is 0 Å². The lowest BCUT2D eigenvalue weighted by Gasteiger charge is -2.29. The Labute approximate surface area is 97.4 Å². The highest BCUT2D eigenvalue weighted by Crippen LogP contribution is 2.22. The molecule has 0 fully saturated rings. The van der Waals surface area contributed by atoms with Gasteiger partial charge in [-0.15, -0.1) is 0 Å². The van der Waals surface area contributed by atoms with Gasteiger partial charge in [0.2, 0.25) is 0 Å². The Bertz CT molecular complexity index is 341. The lowest BCUT2D eigenvalue weighted by Crippen LogP contribution is -2.37. The largest absolute Gasteiger partial charge is 0.396 e. The van der Waals surface area contributed by atoms with Gasteiger partial charge in [0, 0.05) is 19.3 Å². The van der Waals surface area contributed by atoms with Crippen molar-refractivity contribution in [3.05, 3.63) is 17.8 Å². The zero-order chi connectivity index (χ0) is 12.1. The minimum absolute atomic E-state index is 0.270. The third kappa shape index (κ3) is 2.85. The first-order chi connectivity index (χ1) is 7.60. The number of hydrogen-bond donors (Lipinski definition) is 1. The Morgan fingerprint density at radius 2 is 2.19 bits per heavy atom. The number of anilines is 2. The molecule has 16 heavy (non-hydrogen) atoms. The van der Waals surface area contributed by atoms with E-state index in [1.165, 1.54) is 0 Å². The summed E-state index contributed by atoms with van der Waals surface area (Å²) in [5.74, 6) is 0.854. The van der Waals surface area contributed by atoms with Crippen LogP contribution in [0.25, 0.3) is 0 Å². The Morgan fingerprint density at radius 1 is 1.50 bits per heavy atom. The number of nitrogen functional groups attached to an aromatic ring is 1. The molecule has 0 aliphatic rings. The fraction of sp³-hybridized carbons (Fsp3) is 0.583. The van der Waals surface area contributed by atoms with Crippen LogP contribution >= 0.6 is 0 Å². The van der Waals surface area contributed by atoms with Crippen LogP contribution in [0.15, 0.2) is 12.1 Å². The molecular formula is C12H21N3O. The van der Waals surface area contributed by atoms with Crippen molar-refractivity contribution in [3.63, 3.8) is 0 Å². The maximum Gasteiger partial charge on any atom is 0.152 e. The van der Waals surface area contributed by atoms with E-state index in [1.54, 1.807) is 7.11 Å². The fourth-order valence-electron chi connectivity index (χ4n) is 1.79. The molecule has 1 atom stereocenters. The molecule has 90 valence electrons. The molecule has 1 rings (SSSR count). The minimum Gasteiger partial charge on any atom is -0.396 e. The second-order valence-corrected chi connectivity index (χ2v) is 3.96. The van der Waals surface area contributed by atoms with Crippen molar-refractivity contribution in [3.8, 4) is 0 Å². The van der Waals surface area contributed by atoms with Gasteiger partial charge in [-0.3, -0.25) is 0 Å². The number of likely N-dealkylation sites (N-methyl/N-ethyl adjacent to an activating group) is 1. The standard InChI is InChI=1S/C12H21N3O/c1-5-15(10(3)8-16-4)12-11(13)7-6-9(2)14-12/h6-7,10H,5,8,13H2,1-4H3. The minimum atomic E-state index is 0.270. The van der Waals surface area contributed by atoms with Crippen LogP contribution in [-0.4, -0.2) is 31.3 Å².